The third-order valence-electron chi connectivity index (χ3n) is 6.84. The summed E-state index contributed by atoms with van der Waals surface area (Å²) < 4.78 is 1.76. The summed E-state index contributed by atoms with van der Waals surface area (Å²) in [5.74, 6) is 1.09. The number of aromatic nitrogens is 4. The van der Waals surface area contributed by atoms with Gasteiger partial charge in [-0.1, -0.05) is 30.3 Å². The van der Waals surface area contributed by atoms with E-state index in [2.05, 4.69) is 26.0 Å². The molecule has 160 valence electrons. The van der Waals surface area contributed by atoms with E-state index in [0.717, 1.165) is 61.4 Å². The Labute approximate surface area is 186 Å². The second-order valence-electron chi connectivity index (χ2n) is 8.87. The topological polar surface area (TPSA) is 67.2 Å². The molecular weight excluding hydrogens is 400 g/mol. The molecule has 2 fully saturated rings. The highest BCUT2D eigenvalue weighted by Gasteiger charge is 2.47. The normalized spacial score (nSPS) is 17.5. The molecule has 2 aliphatic rings. The molecule has 0 saturated carbocycles. The van der Waals surface area contributed by atoms with E-state index in [4.69, 9.17) is 0 Å². The molecular formula is C25H24N6O. The highest BCUT2D eigenvalue weighted by atomic mass is 16.2. The number of hydrogen-bond donors (Lipinski definition) is 0. The molecule has 1 amide bonds. The number of piperidine rings is 1. The molecule has 7 heteroatoms. The first kappa shape index (κ1) is 19.0. The maximum Gasteiger partial charge on any atom is 0.257 e. The maximum atomic E-state index is 13.0. The standard InChI is InChI=1S/C25H24N6O/c32-24(19-14-28-31(15-19)20-6-2-1-3-7-20)30-16-25(17-30)10-12-29(13-11-25)23-21-8-4-5-9-22(21)26-18-27-23/h1-9,14-15,18H,10-13,16-17H2. The predicted octanol–water partition coefficient (Wildman–Crippen LogP) is 3.56. The van der Waals surface area contributed by atoms with Crippen LogP contribution in [-0.4, -0.2) is 56.7 Å². The number of likely N-dealkylation sites (tertiary alicyclic amines) is 1. The smallest absolute Gasteiger partial charge is 0.257 e. The summed E-state index contributed by atoms with van der Waals surface area (Å²) in [5, 5.41) is 5.47. The number of fused-ring (bicyclic) bond motifs is 1. The van der Waals surface area contributed by atoms with Gasteiger partial charge in [0.05, 0.1) is 23.0 Å². The van der Waals surface area contributed by atoms with Crippen LogP contribution in [0.15, 0.2) is 73.3 Å². The number of carbonyl (C=O) groups excluding carboxylic acids is 1. The van der Waals surface area contributed by atoms with E-state index in [1.165, 1.54) is 0 Å². The average Bonchev–Trinajstić information content (AvgIpc) is 3.33. The second kappa shape index (κ2) is 7.44. The van der Waals surface area contributed by atoms with Crippen molar-refractivity contribution in [2.24, 2.45) is 5.41 Å². The van der Waals surface area contributed by atoms with Crippen LogP contribution in [0.4, 0.5) is 5.82 Å². The van der Waals surface area contributed by atoms with Gasteiger partial charge in [0.15, 0.2) is 0 Å². The Morgan fingerprint density at radius 2 is 1.66 bits per heavy atom. The first-order chi connectivity index (χ1) is 15.7. The van der Waals surface area contributed by atoms with Crippen molar-refractivity contribution < 1.29 is 4.79 Å². The molecule has 0 N–H and O–H groups in total. The van der Waals surface area contributed by atoms with Gasteiger partial charge < -0.3 is 9.80 Å². The van der Waals surface area contributed by atoms with Gasteiger partial charge in [-0.05, 0) is 37.1 Å². The summed E-state index contributed by atoms with van der Waals surface area (Å²) in [6.07, 6.45) is 7.28. The monoisotopic (exact) mass is 424 g/mol. The van der Waals surface area contributed by atoms with Crippen LogP contribution in [-0.2, 0) is 0 Å². The van der Waals surface area contributed by atoms with Crippen molar-refractivity contribution in [1.82, 2.24) is 24.6 Å². The van der Waals surface area contributed by atoms with Gasteiger partial charge >= 0.3 is 0 Å². The zero-order valence-corrected chi connectivity index (χ0v) is 17.8. The van der Waals surface area contributed by atoms with Crippen molar-refractivity contribution in [3.63, 3.8) is 0 Å². The fourth-order valence-electron chi connectivity index (χ4n) is 5.00. The van der Waals surface area contributed by atoms with Crippen LogP contribution in [0.3, 0.4) is 0 Å². The zero-order valence-electron chi connectivity index (χ0n) is 17.8. The minimum absolute atomic E-state index is 0.0713. The minimum atomic E-state index is 0.0713. The van der Waals surface area contributed by atoms with Crippen LogP contribution in [0.2, 0.25) is 0 Å². The SMILES string of the molecule is O=C(c1cnn(-c2ccccc2)c1)N1CC2(CCN(c3ncnc4ccccc34)CC2)C1. The van der Waals surface area contributed by atoms with Crippen LogP contribution in [0.5, 0.6) is 0 Å². The van der Waals surface area contributed by atoms with Crippen molar-refractivity contribution in [2.45, 2.75) is 12.8 Å². The molecule has 6 rings (SSSR count). The lowest BCUT2D eigenvalue weighted by molar-refractivity contribution is -0.00789. The van der Waals surface area contributed by atoms with E-state index in [0.29, 0.717) is 5.56 Å². The van der Waals surface area contributed by atoms with Crippen LogP contribution in [0, 0.1) is 5.41 Å². The lowest BCUT2D eigenvalue weighted by atomic mass is 9.71. The van der Waals surface area contributed by atoms with Gasteiger partial charge in [-0.3, -0.25) is 4.79 Å². The van der Waals surface area contributed by atoms with Crippen LogP contribution < -0.4 is 4.90 Å². The van der Waals surface area contributed by atoms with Gasteiger partial charge in [-0.2, -0.15) is 5.10 Å². The molecule has 2 saturated heterocycles. The Bertz CT molecular complexity index is 1260. The lowest BCUT2D eigenvalue weighted by Crippen LogP contribution is -2.62. The summed E-state index contributed by atoms with van der Waals surface area (Å²) in [4.78, 5) is 26.3. The zero-order chi connectivity index (χ0) is 21.5. The molecule has 4 heterocycles. The Hall–Kier alpha value is -3.74. The van der Waals surface area contributed by atoms with Gasteiger partial charge in [-0.15, -0.1) is 0 Å². The van der Waals surface area contributed by atoms with Crippen molar-refractivity contribution >= 4 is 22.6 Å². The maximum absolute atomic E-state index is 13.0. The third-order valence-corrected chi connectivity index (χ3v) is 6.84. The van der Waals surface area contributed by atoms with Crippen LogP contribution >= 0.6 is 0 Å². The molecule has 7 nitrogen and oxygen atoms in total. The number of para-hydroxylation sites is 2. The molecule has 0 bridgehead atoms. The number of amides is 1. The number of anilines is 1. The molecule has 32 heavy (non-hydrogen) atoms. The van der Waals surface area contributed by atoms with Crippen molar-refractivity contribution in [1.29, 1.82) is 0 Å². The quantitative estimate of drug-likeness (QED) is 0.503. The fourth-order valence-corrected chi connectivity index (χ4v) is 5.00. The van der Waals surface area contributed by atoms with Gasteiger partial charge in [0.2, 0.25) is 0 Å². The van der Waals surface area contributed by atoms with E-state index in [1.807, 2.05) is 59.6 Å². The molecule has 2 aliphatic heterocycles. The Kier molecular flexibility index (Phi) is 4.41. The third kappa shape index (κ3) is 3.21. The second-order valence-corrected chi connectivity index (χ2v) is 8.87. The van der Waals surface area contributed by atoms with E-state index in [1.54, 1.807) is 17.2 Å². The summed E-state index contributed by atoms with van der Waals surface area (Å²) in [6.45, 7) is 3.55. The molecule has 1 spiro atoms. The van der Waals surface area contributed by atoms with E-state index in [-0.39, 0.29) is 11.3 Å². The molecule has 2 aromatic heterocycles. The fraction of sp³-hybridized carbons (Fsp3) is 0.280. The molecule has 0 aliphatic carbocycles. The van der Waals surface area contributed by atoms with Gasteiger partial charge in [0, 0.05) is 43.2 Å². The number of carbonyl (C=O) groups is 1. The van der Waals surface area contributed by atoms with Gasteiger partial charge in [0.1, 0.15) is 12.1 Å². The predicted molar refractivity (Wildman–Crippen MR) is 123 cm³/mol. The summed E-state index contributed by atoms with van der Waals surface area (Å²) in [7, 11) is 0. The molecule has 4 aromatic rings. The largest absolute Gasteiger partial charge is 0.356 e. The van der Waals surface area contributed by atoms with Crippen molar-refractivity contribution in [3.05, 3.63) is 78.9 Å². The molecule has 0 atom stereocenters. The number of benzene rings is 2. The first-order valence-electron chi connectivity index (χ1n) is 11.0. The Balaban J connectivity index is 1.10. The Morgan fingerprint density at radius 3 is 2.47 bits per heavy atom. The van der Waals surface area contributed by atoms with Gasteiger partial charge in [-0.25, -0.2) is 14.6 Å². The van der Waals surface area contributed by atoms with E-state index >= 15 is 0 Å². The highest BCUT2D eigenvalue weighted by Crippen LogP contribution is 2.42. The molecule has 0 radical (unpaired) electrons. The van der Waals surface area contributed by atoms with Crippen LogP contribution in [0.1, 0.15) is 23.2 Å². The summed E-state index contributed by atoms with van der Waals surface area (Å²) >= 11 is 0. The first-order valence-corrected chi connectivity index (χ1v) is 11.0. The number of nitrogens with zero attached hydrogens (tertiary/aromatic N) is 6. The van der Waals surface area contributed by atoms with E-state index in [9.17, 15) is 4.79 Å². The lowest BCUT2D eigenvalue weighted by Gasteiger charge is -2.54. The number of hydrogen-bond acceptors (Lipinski definition) is 5. The Morgan fingerprint density at radius 1 is 0.906 bits per heavy atom. The van der Waals surface area contributed by atoms with Crippen molar-refractivity contribution in [2.75, 3.05) is 31.1 Å². The average molecular weight is 425 g/mol. The van der Waals surface area contributed by atoms with Crippen molar-refractivity contribution in [3.8, 4) is 5.69 Å². The summed E-state index contributed by atoms with van der Waals surface area (Å²) in [6, 6.07) is 18.0. The minimum Gasteiger partial charge on any atom is -0.356 e. The molecule has 2 aromatic carbocycles. The highest BCUT2D eigenvalue weighted by molar-refractivity contribution is 5.94. The van der Waals surface area contributed by atoms with Crippen LogP contribution in [0.25, 0.3) is 16.6 Å². The molecule has 0 unspecified atom stereocenters. The van der Waals surface area contributed by atoms with Gasteiger partial charge in [0.25, 0.3) is 5.91 Å². The summed E-state index contributed by atoms with van der Waals surface area (Å²) in [5.41, 5.74) is 2.81. The van der Waals surface area contributed by atoms with E-state index < -0.39 is 0 Å². The number of rotatable bonds is 3.